The number of hydrogen-bond acceptors (Lipinski definition) is 2. The second-order valence-corrected chi connectivity index (χ2v) is 7.30. The summed E-state index contributed by atoms with van der Waals surface area (Å²) in [6, 6.07) is 9.62. The zero-order valence-corrected chi connectivity index (χ0v) is 16.9. The Balaban J connectivity index is 2.00. The van der Waals surface area contributed by atoms with Crippen LogP contribution in [0.2, 0.25) is 0 Å². The van der Waals surface area contributed by atoms with Crippen molar-refractivity contribution in [2.45, 2.75) is 33.0 Å². The number of anilines is 1. The van der Waals surface area contributed by atoms with E-state index >= 15 is 0 Å². The highest BCUT2D eigenvalue weighted by molar-refractivity contribution is 7.80. The lowest BCUT2D eigenvalue weighted by atomic mass is 9.93. The highest BCUT2D eigenvalue weighted by Crippen LogP contribution is 2.34. The molecule has 0 aromatic heterocycles. The summed E-state index contributed by atoms with van der Waals surface area (Å²) < 4.78 is 39.5. The molecule has 1 aliphatic heterocycles. The number of carbonyl (C=O) groups is 1. The van der Waals surface area contributed by atoms with Gasteiger partial charge in [0.15, 0.2) is 5.11 Å². The van der Waals surface area contributed by atoms with Crippen LogP contribution in [0.3, 0.4) is 0 Å². The molecular weight excluding hydrogens is 399 g/mol. The molecule has 0 bridgehead atoms. The highest BCUT2D eigenvalue weighted by Gasteiger charge is 2.34. The van der Waals surface area contributed by atoms with E-state index in [-0.39, 0.29) is 10.7 Å². The maximum absolute atomic E-state index is 13.2. The van der Waals surface area contributed by atoms with E-state index in [2.05, 4.69) is 16.0 Å². The van der Waals surface area contributed by atoms with Gasteiger partial charge in [-0.05, 0) is 67.9 Å². The molecule has 1 aliphatic rings. The third kappa shape index (κ3) is 4.42. The molecule has 0 aliphatic carbocycles. The van der Waals surface area contributed by atoms with E-state index in [9.17, 15) is 18.0 Å². The van der Waals surface area contributed by atoms with Crippen molar-refractivity contribution in [1.29, 1.82) is 0 Å². The van der Waals surface area contributed by atoms with Crippen molar-refractivity contribution in [3.8, 4) is 0 Å². The van der Waals surface area contributed by atoms with E-state index in [1.165, 1.54) is 6.07 Å². The molecule has 3 N–H and O–H groups in total. The van der Waals surface area contributed by atoms with E-state index in [1.54, 1.807) is 19.1 Å². The van der Waals surface area contributed by atoms with Crippen molar-refractivity contribution in [3.63, 3.8) is 0 Å². The number of allylic oxidation sites excluding steroid dienone is 1. The Kier molecular flexibility index (Phi) is 5.66. The van der Waals surface area contributed by atoms with E-state index < -0.39 is 23.7 Å². The minimum Gasteiger partial charge on any atom is -0.351 e. The Morgan fingerprint density at radius 2 is 1.79 bits per heavy atom. The minimum atomic E-state index is -4.48. The molecule has 1 atom stereocenters. The van der Waals surface area contributed by atoms with Gasteiger partial charge in [-0.2, -0.15) is 13.2 Å². The van der Waals surface area contributed by atoms with Gasteiger partial charge >= 0.3 is 6.18 Å². The van der Waals surface area contributed by atoms with Crippen molar-refractivity contribution >= 4 is 28.9 Å². The molecule has 2 aromatic rings. The highest BCUT2D eigenvalue weighted by atomic mass is 32.1. The monoisotopic (exact) mass is 419 g/mol. The molecule has 152 valence electrons. The number of thiocarbonyl (C=S) groups is 1. The Hall–Kier alpha value is -2.87. The zero-order valence-electron chi connectivity index (χ0n) is 16.1. The first kappa shape index (κ1) is 20.9. The average molecular weight is 419 g/mol. The summed E-state index contributed by atoms with van der Waals surface area (Å²) in [6.07, 6.45) is -4.48. The van der Waals surface area contributed by atoms with Crippen LogP contribution in [0.5, 0.6) is 0 Å². The Morgan fingerprint density at radius 3 is 2.48 bits per heavy atom. The standard InChI is InChI=1S/C21H20F3N3OS/c1-11-6-4-9-16(12(11)2)26-19(28)17-13(3)25-20(29)27-18(17)14-7-5-8-15(10-14)21(22,23)24/h4-10,18H,1-3H3,(H,26,28)(H2,25,27,29)/t18-/m1/s1. The van der Waals surface area contributed by atoms with Gasteiger partial charge in [-0.25, -0.2) is 0 Å². The number of carbonyl (C=O) groups excluding carboxylic acids is 1. The largest absolute Gasteiger partial charge is 0.416 e. The lowest BCUT2D eigenvalue weighted by molar-refractivity contribution is -0.137. The molecular formula is C21H20F3N3OS. The van der Waals surface area contributed by atoms with Gasteiger partial charge in [-0.15, -0.1) is 0 Å². The molecule has 0 unspecified atom stereocenters. The number of alkyl halides is 3. The molecule has 0 spiro atoms. The average Bonchev–Trinajstić information content (AvgIpc) is 2.64. The molecule has 2 aromatic carbocycles. The molecule has 4 nitrogen and oxygen atoms in total. The molecule has 1 heterocycles. The van der Waals surface area contributed by atoms with Crippen LogP contribution >= 0.6 is 12.2 Å². The van der Waals surface area contributed by atoms with E-state index in [4.69, 9.17) is 12.2 Å². The molecule has 1 amide bonds. The lowest BCUT2D eigenvalue weighted by Crippen LogP contribution is -2.45. The van der Waals surface area contributed by atoms with E-state index in [1.807, 2.05) is 26.0 Å². The predicted molar refractivity (Wildman–Crippen MR) is 110 cm³/mol. The minimum absolute atomic E-state index is 0.244. The van der Waals surface area contributed by atoms with E-state index in [0.29, 0.717) is 16.9 Å². The molecule has 3 rings (SSSR count). The first-order valence-corrected chi connectivity index (χ1v) is 9.31. The molecule has 0 saturated carbocycles. The first-order valence-electron chi connectivity index (χ1n) is 8.91. The van der Waals surface area contributed by atoms with Crippen LogP contribution in [0, 0.1) is 13.8 Å². The van der Waals surface area contributed by atoms with Crippen molar-refractivity contribution in [2.75, 3.05) is 5.32 Å². The fourth-order valence-corrected chi connectivity index (χ4v) is 3.49. The molecule has 0 fully saturated rings. The van der Waals surface area contributed by atoms with Crippen LogP contribution in [0.25, 0.3) is 0 Å². The topological polar surface area (TPSA) is 53.2 Å². The maximum Gasteiger partial charge on any atom is 0.416 e. The quantitative estimate of drug-likeness (QED) is 0.629. The van der Waals surface area contributed by atoms with Gasteiger partial charge in [0, 0.05) is 11.4 Å². The van der Waals surface area contributed by atoms with Gasteiger partial charge in [-0.1, -0.05) is 24.3 Å². The molecule has 0 saturated heterocycles. The number of aryl methyl sites for hydroxylation is 1. The second-order valence-electron chi connectivity index (χ2n) is 6.89. The summed E-state index contributed by atoms with van der Waals surface area (Å²) in [5, 5.41) is 8.91. The van der Waals surface area contributed by atoms with Crippen LogP contribution in [0.15, 0.2) is 53.7 Å². The molecule has 8 heteroatoms. The van der Waals surface area contributed by atoms with Crippen molar-refractivity contribution in [3.05, 3.63) is 76.0 Å². The van der Waals surface area contributed by atoms with Crippen molar-refractivity contribution < 1.29 is 18.0 Å². The number of hydrogen-bond donors (Lipinski definition) is 3. The maximum atomic E-state index is 13.2. The molecule has 0 radical (unpaired) electrons. The van der Waals surface area contributed by atoms with Crippen LogP contribution in [0.1, 0.15) is 35.2 Å². The summed E-state index contributed by atoms with van der Waals surface area (Å²) in [5.74, 6) is -0.416. The van der Waals surface area contributed by atoms with Crippen LogP contribution in [-0.2, 0) is 11.0 Å². The van der Waals surface area contributed by atoms with Crippen molar-refractivity contribution in [2.24, 2.45) is 0 Å². The summed E-state index contributed by atoms with van der Waals surface area (Å²) in [5.41, 5.74) is 2.86. The van der Waals surface area contributed by atoms with Crippen LogP contribution in [-0.4, -0.2) is 11.0 Å². The van der Waals surface area contributed by atoms with Crippen LogP contribution in [0.4, 0.5) is 18.9 Å². The van der Waals surface area contributed by atoms with Crippen LogP contribution < -0.4 is 16.0 Å². The third-order valence-electron chi connectivity index (χ3n) is 4.91. The SMILES string of the molecule is CC1=C(C(=O)Nc2cccc(C)c2C)[C@@H](c2cccc(C(F)(F)F)c2)NC(=S)N1. The zero-order chi connectivity index (χ0) is 21.3. The Morgan fingerprint density at radius 1 is 1.10 bits per heavy atom. The number of rotatable bonds is 3. The van der Waals surface area contributed by atoms with Gasteiger partial charge in [-0.3, -0.25) is 4.79 Å². The fraction of sp³-hybridized carbons (Fsp3) is 0.238. The van der Waals surface area contributed by atoms with Gasteiger partial charge in [0.2, 0.25) is 0 Å². The summed E-state index contributed by atoms with van der Waals surface area (Å²) in [7, 11) is 0. The number of halogens is 3. The van der Waals surface area contributed by atoms with Gasteiger partial charge in [0.05, 0.1) is 17.2 Å². The second kappa shape index (κ2) is 7.87. The number of amides is 1. The van der Waals surface area contributed by atoms with Gasteiger partial charge in [0.1, 0.15) is 0 Å². The Labute approximate surface area is 172 Å². The summed E-state index contributed by atoms with van der Waals surface area (Å²) >= 11 is 5.16. The van der Waals surface area contributed by atoms with E-state index in [0.717, 1.165) is 23.3 Å². The van der Waals surface area contributed by atoms with Crippen molar-refractivity contribution in [1.82, 2.24) is 10.6 Å². The number of benzene rings is 2. The summed E-state index contributed by atoms with van der Waals surface area (Å²) in [4.78, 5) is 13.1. The smallest absolute Gasteiger partial charge is 0.351 e. The lowest BCUT2D eigenvalue weighted by Gasteiger charge is -2.31. The van der Waals surface area contributed by atoms with Gasteiger partial charge in [0.25, 0.3) is 5.91 Å². The fourth-order valence-electron chi connectivity index (χ4n) is 3.22. The number of nitrogens with one attached hydrogen (secondary N) is 3. The first-order chi connectivity index (χ1) is 13.6. The third-order valence-corrected chi connectivity index (χ3v) is 5.13. The summed E-state index contributed by atoms with van der Waals surface area (Å²) in [6.45, 7) is 5.50. The predicted octanol–water partition coefficient (Wildman–Crippen LogP) is 4.75. The van der Waals surface area contributed by atoms with Gasteiger partial charge < -0.3 is 16.0 Å². The molecule has 29 heavy (non-hydrogen) atoms. The Bertz CT molecular complexity index is 1010. The normalized spacial score (nSPS) is 16.9.